The summed E-state index contributed by atoms with van der Waals surface area (Å²) in [6, 6.07) is 0. The van der Waals surface area contributed by atoms with E-state index in [1.807, 2.05) is 0 Å². The Balaban J connectivity index is 3.47. The highest BCUT2D eigenvalue weighted by Crippen LogP contribution is 2.07. The molecule has 0 rings (SSSR count). The van der Waals surface area contributed by atoms with Crippen LogP contribution in [0.15, 0.2) is 0 Å². The number of hydrogen-bond acceptors (Lipinski definition) is 2. The second kappa shape index (κ2) is 6.00. The van der Waals surface area contributed by atoms with Crippen LogP contribution in [-0.2, 0) is 9.53 Å². The number of carbonyl (C=O) groups is 1. The molecular formula is C9H19NO2. The topological polar surface area (TPSA) is 38.3 Å². The van der Waals surface area contributed by atoms with E-state index in [1.165, 1.54) is 7.11 Å². The van der Waals surface area contributed by atoms with Gasteiger partial charge in [-0.1, -0.05) is 20.8 Å². The van der Waals surface area contributed by atoms with Crippen LogP contribution in [0.2, 0.25) is 0 Å². The van der Waals surface area contributed by atoms with Gasteiger partial charge in [0.25, 0.3) is 0 Å². The summed E-state index contributed by atoms with van der Waals surface area (Å²) in [5, 5.41) is 2.80. The Hall–Kier alpha value is -0.570. The maximum atomic E-state index is 10.9. The highest BCUT2D eigenvalue weighted by atomic mass is 16.5. The van der Waals surface area contributed by atoms with Crippen LogP contribution in [0.25, 0.3) is 0 Å². The van der Waals surface area contributed by atoms with Gasteiger partial charge in [0.15, 0.2) is 0 Å². The molecule has 0 heterocycles. The lowest BCUT2D eigenvalue weighted by Gasteiger charge is -2.15. The molecule has 1 amide bonds. The third kappa shape index (κ3) is 5.13. The fourth-order valence-corrected chi connectivity index (χ4v) is 0.693. The number of nitrogens with one attached hydrogen (secondary N) is 1. The fraction of sp³-hybridized carbons (Fsp3) is 0.889. The van der Waals surface area contributed by atoms with Crippen LogP contribution < -0.4 is 5.32 Å². The van der Waals surface area contributed by atoms with Gasteiger partial charge in [0, 0.05) is 13.7 Å². The lowest BCUT2D eigenvalue weighted by atomic mass is 9.98. The second-order valence-electron chi connectivity index (χ2n) is 3.46. The minimum absolute atomic E-state index is 0.0370. The van der Waals surface area contributed by atoms with Crippen LogP contribution in [0.4, 0.5) is 0 Å². The first-order chi connectivity index (χ1) is 5.57. The molecule has 0 bridgehead atoms. The molecule has 0 aromatic carbocycles. The van der Waals surface area contributed by atoms with E-state index in [9.17, 15) is 4.79 Å². The third-order valence-corrected chi connectivity index (χ3v) is 2.03. The molecule has 3 heteroatoms. The average Bonchev–Trinajstić information content (AvgIpc) is 2.00. The third-order valence-electron chi connectivity index (χ3n) is 2.03. The van der Waals surface area contributed by atoms with E-state index in [2.05, 4.69) is 30.8 Å². The quantitative estimate of drug-likeness (QED) is 0.674. The highest BCUT2D eigenvalue weighted by Gasteiger charge is 2.08. The normalized spacial score (nSPS) is 13.1. The van der Waals surface area contributed by atoms with Crippen molar-refractivity contribution < 1.29 is 9.53 Å². The number of hydrogen-bond donors (Lipinski definition) is 1. The number of ether oxygens (including phenoxy) is 1. The first-order valence-electron chi connectivity index (χ1n) is 4.33. The zero-order valence-electron chi connectivity index (χ0n) is 8.39. The maximum absolute atomic E-state index is 10.9. The summed E-state index contributed by atoms with van der Waals surface area (Å²) in [7, 11) is 1.52. The van der Waals surface area contributed by atoms with E-state index < -0.39 is 0 Å². The van der Waals surface area contributed by atoms with Gasteiger partial charge in [-0.05, 0) is 11.8 Å². The maximum Gasteiger partial charge on any atom is 0.245 e. The van der Waals surface area contributed by atoms with E-state index in [0.717, 1.165) is 6.54 Å². The zero-order valence-corrected chi connectivity index (χ0v) is 8.39. The van der Waals surface area contributed by atoms with Gasteiger partial charge in [-0.3, -0.25) is 4.79 Å². The van der Waals surface area contributed by atoms with Gasteiger partial charge in [0.1, 0.15) is 6.61 Å². The second-order valence-corrected chi connectivity index (χ2v) is 3.46. The van der Waals surface area contributed by atoms with Gasteiger partial charge < -0.3 is 10.1 Å². The summed E-state index contributed by atoms with van der Waals surface area (Å²) in [5.74, 6) is 1.09. The Bertz CT molecular complexity index is 134. The summed E-state index contributed by atoms with van der Waals surface area (Å²) in [6.45, 7) is 7.31. The minimum atomic E-state index is -0.0370. The average molecular weight is 173 g/mol. The standard InChI is InChI=1S/C9H19NO2/c1-7(2)8(3)5-10-9(11)6-12-4/h7-8H,5-6H2,1-4H3,(H,10,11). The molecule has 72 valence electrons. The molecule has 0 aromatic rings. The Kier molecular flexibility index (Phi) is 5.72. The van der Waals surface area contributed by atoms with Crippen LogP contribution in [0.5, 0.6) is 0 Å². The molecule has 12 heavy (non-hydrogen) atoms. The molecule has 0 aromatic heterocycles. The molecule has 0 spiro atoms. The van der Waals surface area contributed by atoms with Crippen LogP contribution in [0, 0.1) is 11.8 Å². The van der Waals surface area contributed by atoms with Crippen molar-refractivity contribution in [3.63, 3.8) is 0 Å². The van der Waals surface area contributed by atoms with Gasteiger partial charge >= 0.3 is 0 Å². The largest absolute Gasteiger partial charge is 0.375 e. The number of methoxy groups -OCH3 is 1. The highest BCUT2D eigenvalue weighted by molar-refractivity contribution is 5.77. The van der Waals surface area contributed by atoms with E-state index in [-0.39, 0.29) is 12.5 Å². The molecular weight excluding hydrogens is 154 g/mol. The lowest BCUT2D eigenvalue weighted by molar-refractivity contribution is -0.124. The zero-order chi connectivity index (χ0) is 9.56. The minimum Gasteiger partial charge on any atom is -0.375 e. The Morgan fingerprint density at radius 2 is 2.00 bits per heavy atom. The van der Waals surface area contributed by atoms with E-state index in [4.69, 9.17) is 0 Å². The number of carbonyl (C=O) groups excluding carboxylic acids is 1. The van der Waals surface area contributed by atoms with Gasteiger partial charge in [-0.25, -0.2) is 0 Å². The molecule has 0 radical (unpaired) electrons. The Morgan fingerprint density at radius 1 is 1.42 bits per heavy atom. The first kappa shape index (κ1) is 11.4. The fourth-order valence-electron chi connectivity index (χ4n) is 0.693. The molecule has 0 aliphatic heterocycles. The predicted octanol–water partition coefficient (Wildman–Crippen LogP) is 1.04. The summed E-state index contributed by atoms with van der Waals surface area (Å²) >= 11 is 0. The van der Waals surface area contributed by atoms with Crippen molar-refractivity contribution in [2.75, 3.05) is 20.3 Å². The molecule has 1 N–H and O–H groups in total. The molecule has 3 nitrogen and oxygen atoms in total. The molecule has 0 saturated heterocycles. The van der Waals surface area contributed by atoms with Crippen molar-refractivity contribution in [2.24, 2.45) is 11.8 Å². The first-order valence-corrected chi connectivity index (χ1v) is 4.33. The summed E-state index contributed by atoms with van der Waals surface area (Å²) < 4.78 is 4.68. The Morgan fingerprint density at radius 3 is 2.42 bits per heavy atom. The lowest BCUT2D eigenvalue weighted by Crippen LogP contribution is -2.32. The smallest absolute Gasteiger partial charge is 0.245 e. The molecule has 0 aliphatic carbocycles. The van der Waals surface area contributed by atoms with Gasteiger partial charge in [-0.15, -0.1) is 0 Å². The number of rotatable bonds is 5. The van der Waals surface area contributed by atoms with Crippen LogP contribution in [0.3, 0.4) is 0 Å². The molecule has 1 unspecified atom stereocenters. The SMILES string of the molecule is COCC(=O)NCC(C)C(C)C. The van der Waals surface area contributed by atoms with Crippen molar-refractivity contribution in [1.82, 2.24) is 5.32 Å². The number of amides is 1. The van der Waals surface area contributed by atoms with Gasteiger partial charge in [-0.2, -0.15) is 0 Å². The predicted molar refractivity (Wildman–Crippen MR) is 48.9 cm³/mol. The van der Waals surface area contributed by atoms with Crippen LogP contribution in [0.1, 0.15) is 20.8 Å². The van der Waals surface area contributed by atoms with E-state index >= 15 is 0 Å². The van der Waals surface area contributed by atoms with Crippen molar-refractivity contribution in [3.05, 3.63) is 0 Å². The van der Waals surface area contributed by atoms with E-state index in [0.29, 0.717) is 11.8 Å². The molecule has 0 aliphatic rings. The summed E-state index contributed by atoms with van der Waals surface area (Å²) in [6.07, 6.45) is 0. The Labute approximate surface area is 74.5 Å². The van der Waals surface area contributed by atoms with Crippen molar-refractivity contribution in [1.29, 1.82) is 0 Å². The molecule has 1 atom stereocenters. The summed E-state index contributed by atoms with van der Waals surface area (Å²) in [4.78, 5) is 10.9. The molecule has 0 saturated carbocycles. The van der Waals surface area contributed by atoms with Gasteiger partial charge in [0.05, 0.1) is 0 Å². The van der Waals surface area contributed by atoms with Crippen molar-refractivity contribution in [3.8, 4) is 0 Å². The van der Waals surface area contributed by atoms with Crippen LogP contribution >= 0.6 is 0 Å². The van der Waals surface area contributed by atoms with Crippen molar-refractivity contribution >= 4 is 5.91 Å². The van der Waals surface area contributed by atoms with Crippen LogP contribution in [-0.4, -0.2) is 26.2 Å². The molecule has 0 fully saturated rings. The van der Waals surface area contributed by atoms with E-state index in [1.54, 1.807) is 0 Å². The summed E-state index contributed by atoms with van der Waals surface area (Å²) in [5.41, 5.74) is 0. The van der Waals surface area contributed by atoms with Gasteiger partial charge in [0.2, 0.25) is 5.91 Å². The monoisotopic (exact) mass is 173 g/mol. The van der Waals surface area contributed by atoms with Crippen molar-refractivity contribution in [2.45, 2.75) is 20.8 Å².